The van der Waals surface area contributed by atoms with Crippen molar-refractivity contribution in [2.75, 3.05) is 0 Å². The predicted molar refractivity (Wildman–Crippen MR) is 85.6 cm³/mol. The fourth-order valence-corrected chi connectivity index (χ4v) is 3.48. The standard InChI is InChI=1S/C16H11ClN2S/c17-8-14-9-19-15(10-20-16(19)18-14)13-6-5-11-3-1-2-4-12(11)7-13/h1-7,9-10H,8H2. The Hall–Kier alpha value is -1.84. The van der Waals surface area contributed by atoms with E-state index < -0.39 is 0 Å². The highest BCUT2D eigenvalue weighted by Crippen LogP contribution is 2.29. The van der Waals surface area contributed by atoms with Gasteiger partial charge in [-0.2, -0.15) is 0 Å². The number of aromatic nitrogens is 2. The third-order valence-electron chi connectivity index (χ3n) is 3.44. The molecule has 0 atom stereocenters. The van der Waals surface area contributed by atoms with Crippen molar-refractivity contribution in [2.45, 2.75) is 5.88 Å². The molecule has 2 heterocycles. The Bertz CT molecular complexity index is 907. The number of rotatable bonds is 2. The zero-order valence-corrected chi connectivity index (χ0v) is 12.2. The van der Waals surface area contributed by atoms with Crippen LogP contribution in [0.2, 0.25) is 0 Å². The molecule has 0 aliphatic rings. The molecule has 2 aromatic heterocycles. The third kappa shape index (κ3) is 1.82. The van der Waals surface area contributed by atoms with Crippen LogP contribution in [0.15, 0.2) is 54.0 Å². The maximum atomic E-state index is 5.86. The lowest BCUT2D eigenvalue weighted by Gasteiger charge is -2.03. The molecule has 0 N–H and O–H groups in total. The number of nitrogens with zero attached hydrogens (tertiary/aromatic N) is 2. The fourth-order valence-electron chi connectivity index (χ4n) is 2.45. The molecular weight excluding hydrogens is 288 g/mol. The van der Waals surface area contributed by atoms with Gasteiger partial charge in [0.25, 0.3) is 0 Å². The van der Waals surface area contributed by atoms with Gasteiger partial charge in [0.2, 0.25) is 0 Å². The first-order valence-electron chi connectivity index (χ1n) is 6.36. The molecule has 0 fully saturated rings. The van der Waals surface area contributed by atoms with E-state index in [1.165, 1.54) is 22.0 Å². The van der Waals surface area contributed by atoms with Crippen LogP contribution in [0.4, 0.5) is 0 Å². The first-order valence-corrected chi connectivity index (χ1v) is 7.77. The smallest absolute Gasteiger partial charge is 0.194 e. The summed E-state index contributed by atoms with van der Waals surface area (Å²) in [6, 6.07) is 14.9. The van der Waals surface area contributed by atoms with Gasteiger partial charge < -0.3 is 0 Å². The van der Waals surface area contributed by atoms with Gasteiger partial charge in [-0.3, -0.25) is 4.40 Å². The van der Waals surface area contributed by atoms with E-state index in [-0.39, 0.29) is 0 Å². The maximum Gasteiger partial charge on any atom is 0.194 e. The van der Waals surface area contributed by atoms with Gasteiger partial charge in [0.1, 0.15) is 0 Å². The normalized spacial score (nSPS) is 11.4. The molecule has 0 amide bonds. The summed E-state index contributed by atoms with van der Waals surface area (Å²) < 4.78 is 2.12. The summed E-state index contributed by atoms with van der Waals surface area (Å²) in [4.78, 5) is 5.48. The quantitative estimate of drug-likeness (QED) is 0.478. The summed E-state index contributed by atoms with van der Waals surface area (Å²) in [5.41, 5.74) is 3.29. The number of fused-ring (bicyclic) bond motifs is 2. The Kier molecular flexibility index (Phi) is 2.76. The van der Waals surface area contributed by atoms with E-state index in [9.17, 15) is 0 Å². The highest BCUT2D eigenvalue weighted by molar-refractivity contribution is 7.15. The lowest BCUT2D eigenvalue weighted by molar-refractivity contribution is 1.22. The Balaban J connectivity index is 1.93. The highest BCUT2D eigenvalue weighted by atomic mass is 35.5. The predicted octanol–water partition coefficient (Wildman–Crippen LogP) is 4.95. The number of thiazole rings is 1. The van der Waals surface area contributed by atoms with E-state index in [0.29, 0.717) is 5.88 Å². The number of benzene rings is 2. The van der Waals surface area contributed by atoms with Crippen LogP contribution in [0.3, 0.4) is 0 Å². The zero-order chi connectivity index (χ0) is 13.5. The monoisotopic (exact) mass is 298 g/mol. The first kappa shape index (κ1) is 11.9. The lowest BCUT2D eigenvalue weighted by Crippen LogP contribution is -1.84. The molecule has 0 spiro atoms. The average Bonchev–Trinajstić information content (AvgIpc) is 3.06. The van der Waals surface area contributed by atoms with Crippen LogP contribution < -0.4 is 0 Å². The van der Waals surface area contributed by atoms with Crippen molar-refractivity contribution in [3.8, 4) is 11.3 Å². The molecule has 98 valence electrons. The van der Waals surface area contributed by atoms with Gasteiger partial charge in [-0.25, -0.2) is 4.98 Å². The summed E-state index contributed by atoms with van der Waals surface area (Å²) in [5.74, 6) is 0.450. The summed E-state index contributed by atoms with van der Waals surface area (Å²) in [5, 5.41) is 4.65. The topological polar surface area (TPSA) is 17.3 Å². The van der Waals surface area contributed by atoms with Crippen LogP contribution in [-0.4, -0.2) is 9.38 Å². The molecule has 0 aliphatic heterocycles. The van der Waals surface area contributed by atoms with Gasteiger partial charge in [-0.15, -0.1) is 22.9 Å². The second-order valence-corrected chi connectivity index (χ2v) is 5.81. The molecular formula is C16H11ClN2S. The van der Waals surface area contributed by atoms with E-state index >= 15 is 0 Å². The van der Waals surface area contributed by atoms with Crippen LogP contribution in [0.1, 0.15) is 5.69 Å². The van der Waals surface area contributed by atoms with Crippen molar-refractivity contribution < 1.29 is 0 Å². The van der Waals surface area contributed by atoms with Crippen molar-refractivity contribution in [2.24, 2.45) is 0 Å². The molecule has 2 aromatic carbocycles. The van der Waals surface area contributed by atoms with E-state index in [0.717, 1.165) is 10.7 Å². The second-order valence-electron chi connectivity index (χ2n) is 4.70. The van der Waals surface area contributed by atoms with Crippen molar-refractivity contribution in [3.05, 3.63) is 59.7 Å². The minimum atomic E-state index is 0.450. The highest BCUT2D eigenvalue weighted by Gasteiger charge is 2.09. The van der Waals surface area contributed by atoms with Crippen molar-refractivity contribution >= 4 is 38.7 Å². The van der Waals surface area contributed by atoms with Crippen LogP contribution in [0.5, 0.6) is 0 Å². The molecule has 0 aliphatic carbocycles. The zero-order valence-electron chi connectivity index (χ0n) is 10.6. The fraction of sp³-hybridized carbons (Fsp3) is 0.0625. The van der Waals surface area contributed by atoms with Gasteiger partial charge >= 0.3 is 0 Å². The summed E-state index contributed by atoms with van der Waals surface area (Å²) in [6.07, 6.45) is 2.02. The molecule has 0 saturated carbocycles. The SMILES string of the molecule is ClCc1cn2c(-c3ccc4ccccc4c3)csc2n1. The van der Waals surface area contributed by atoms with Crippen LogP contribution >= 0.6 is 22.9 Å². The molecule has 0 bridgehead atoms. The summed E-state index contributed by atoms with van der Waals surface area (Å²) in [7, 11) is 0. The van der Waals surface area contributed by atoms with E-state index in [1.807, 2.05) is 6.20 Å². The number of alkyl halides is 1. The van der Waals surface area contributed by atoms with E-state index in [1.54, 1.807) is 11.3 Å². The Morgan fingerprint density at radius 1 is 1.10 bits per heavy atom. The van der Waals surface area contributed by atoms with Crippen LogP contribution in [0.25, 0.3) is 27.0 Å². The van der Waals surface area contributed by atoms with Gasteiger partial charge in [-0.05, 0) is 16.8 Å². The first-order chi connectivity index (χ1) is 9.85. The molecule has 4 rings (SSSR count). The summed E-state index contributed by atoms with van der Waals surface area (Å²) >= 11 is 7.50. The molecule has 4 aromatic rings. The largest absolute Gasteiger partial charge is 0.290 e. The van der Waals surface area contributed by atoms with Crippen molar-refractivity contribution in [1.82, 2.24) is 9.38 Å². The van der Waals surface area contributed by atoms with Crippen LogP contribution in [0, 0.1) is 0 Å². The Labute approximate surface area is 125 Å². The number of imidazole rings is 1. The van der Waals surface area contributed by atoms with Crippen molar-refractivity contribution in [3.63, 3.8) is 0 Å². The number of halogens is 1. The number of hydrogen-bond acceptors (Lipinski definition) is 2. The third-order valence-corrected chi connectivity index (χ3v) is 4.55. The molecule has 20 heavy (non-hydrogen) atoms. The van der Waals surface area contributed by atoms with Crippen LogP contribution in [-0.2, 0) is 5.88 Å². The number of hydrogen-bond donors (Lipinski definition) is 0. The Morgan fingerprint density at radius 3 is 2.80 bits per heavy atom. The molecule has 4 heteroatoms. The maximum absolute atomic E-state index is 5.86. The lowest BCUT2D eigenvalue weighted by atomic mass is 10.1. The average molecular weight is 299 g/mol. The van der Waals surface area contributed by atoms with Crippen molar-refractivity contribution in [1.29, 1.82) is 0 Å². The second kappa shape index (κ2) is 4.62. The van der Waals surface area contributed by atoms with Gasteiger partial charge in [0.05, 0.1) is 17.3 Å². The molecule has 2 nitrogen and oxygen atoms in total. The minimum Gasteiger partial charge on any atom is -0.290 e. The summed E-state index contributed by atoms with van der Waals surface area (Å²) in [6.45, 7) is 0. The van der Waals surface area contributed by atoms with E-state index in [2.05, 4.69) is 57.2 Å². The Morgan fingerprint density at radius 2 is 1.95 bits per heavy atom. The molecule has 0 unspecified atom stereocenters. The van der Waals surface area contributed by atoms with Gasteiger partial charge in [0.15, 0.2) is 4.96 Å². The van der Waals surface area contributed by atoms with E-state index in [4.69, 9.17) is 11.6 Å². The molecule has 0 saturated heterocycles. The van der Waals surface area contributed by atoms with Gasteiger partial charge in [-0.1, -0.05) is 36.4 Å². The molecule has 0 radical (unpaired) electrons. The minimum absolute atomic E-state index is 0.450. The van der Waals surface area contributed by atoms with Gasteiger partial charge in [0, 0.05) is 17.1 Å².